The number of piperidine rings is 1. The molecule has 0 aromatic rings. The third kappa shape index (κ3) is 2.90. The molecule has 1 atom stereocenters. The van der Waals surface area contributed by atoms with Gasteiger partial charge in [-0.05, 0) is 38.4 Å². The SMILES string of the molecule is CCN1CCC(CN2C(=O)OCC2CO)CC1. The van der Waals surface area contributed by atoms with Crippen LogP contribution in [0, 0.1) is 5.92 Å². The Labute approximate surface area is 102 Å². The van der Waals surface area contributed by atoms with Crippen molar-refractivity contribution in [3.8, 4) is 0 Å². The van der Waals surface area contributed by atoms with Crippen LogP contribution in [0.5, 0.6) is 0 Å². The van der Waals surface area contributed by atoms with Gasteiger partial charge in [0.2, 0.25) is 0 Å². The van der Waals surface area contributed by atoms with E-state index in [1.165, 1.54) is 0 Å². The van der Waals surface area contributed by atoms with E-state index in [1.54, 1.807) is 4.90 Å². The van der Waals surface area contributed by atoms with Crippen molar-refractivity contribution in [1.82, 2.24) is 9.80 Å². The first-order chi connectivity index (χ1) is 8.24. The van der Waals surface area contributed by atoms with Crippen LogP contribution in [-0.4, -0.2) is 66.4 Å². The van der Waals surface area contributed by atoms with Crippen molar-refractivity contribution in [3.63, 3.8) is 0 Å². The van der Waals surface area contributed by atoms with Gasteiger partial charge in [-0.1, -0.05) is 6.92 Å². The van der Waals surface area contributed by atoms with Gasteiger partial charge in [0.05, 0.1) is 12.6 Å². The molecule has 0 bridgehead atoms. The number of likely N-dealkylation sites (tertiary alicyclic amines) is 1. The Morgan fingerprint density at radius 2 is 2.12 bits per heavy atom. The number of hydrogen-bond acceptors (Lipinski definition) is 4. The molecule has 0 aromatic heterocycles. The summed E-state index contributed by atoms with van der Waals surface area (Å²) in [6, 6.07) is -0.133. The minimum absolute atomic E-state index is 0.000451. The Kier molecular flexibility index (Phi) is 4.23. The fraction of sp³-hybridized carbons (Fsp3) is 0.917. The normalized spacial score (nSPS) is 27.5. The summed E-state index contributed by atoms with van der Waals surface area (Å²) in [4.78, 5) is 15.7. The fourth-order valence-electron chi connectivity index (χ4n) is 2.63. The highest BCUT2D eigenvalue weighted by Crippen LogP contribution is 2.21. The minimum Gasteiger partial charge on any atom is -0.447 e. The van der Waals surface area contributed by atoms with Crippen molar-refractivity contribution in [3.05, 3.63) is 0 Å². The number of cyclic esters (lactones) is 1. The first kappa shape index (κ1) is 12.6. The van der Waals surface area contributed by atoms with Crippen LogP contribution in [0.2, 0.25) is 0 Å². The predicted octanol–water partition coefficient (Wildman–Crippen LogP) is 0.531. The van der Waals surface area contributed by atoms with Gasteiger partial charge in [0.25, 0.3) is 0 Å². The Hall–Kier alpha value is -0.810. The summed E-state index contributed by atoms with van der Waals surface area (Å²) in [5.74, 6) is 0.553. The lowest BCUT2D eigenvalue weighted by Crippen LogP contribution is -2.43. The second kappa shape index (κ2) is 5.69. The van der Waals surface area contributed by atoms with E-state index in [9.17, 15) is 9.90 Å². The average molecular weight is 242 g/mol. The number of hydrogen-bond donors (Lipinski definition) is 1. The van der Waals surface area contributed by atoms with Gasteiger partial charge in [-0.2, -0.15) is 0 Å². The maximum Gasteiger partial charge on any atom is 0.410 e. The monoisotopic (exact) mass is 242 g/mol. The van der Waals surface area contributed by atoms with Crippen LogP contribution in [0.3, 0.4) is 0 Å². The van der Waals surface area contributed by atoms with E-state index in [0.29, 0.717) is 12.5 Å². The van der Waals surface area contributed by atoms with E-state index in [0.717, 1.165) is 39.0 Å². The van der Waals surface area contributed by atoms with Crippen LogP contribution < -0.4 is 0 Å². The first-order valence-electron chi connectivity index (χ1n) is 6.51. The number of aliphatic hydroxyl groups is 1. The largest absolute Gasteiger partial charge is 0.447 e. The molecule has 2 rings (SSSR count). The number of rotatable bonds is 4. The molecule has 0 spiro atoms. The number of carbonyl (C=O) groups is 1. The number of amides is 1. The quantitative estimate of drug-likeness (QED) is 0.781. The van der Waals surface area contributed by atoms with Gasteiger partial charge in [0.1, 0.15) is 6.61 Å². The molecule has 0 saturated carbocycles. The van der Waals surface area contributed by atoms with Gasteiger partial charge in [-0.3, -0.25) is 4.90 Å². The molecule has 2 aliphatic rings. The number of aliphatic hydroxyl groups excluding tert-OH is 1. The smallest absolute Gasteiger partial charge is 0.410 e. The molecule has 5 heteroatoms. The highest BCUT2D eigenvalue weighted by molar-refractivity contribution is 5.70. The van der Waals surface area contributed by atoms with E-state index in [1.807, 2.05) is 0 Å². The number of carbonyl (C=O) groups excluding carboxylic acids is 1. The van der Waals surface area contributed by atoms with Gasteiger partial charge in [-0.25, -0.2) is 4.79 Å². The topological polar surface area (TPSA) is 53.0 Å². The summed E-state index contributed by atoms with van der Waals surface area (Å²) in [5, 5.41) is 9.18. The van der Waals surface area contributed by atoms with Crippen LogP contribution in [0.15, 0.2) is 0 Å². The molecule has 5 nitrogen and oxygen atoms in total. The summed E-state index contributed by atoms with van der Waals surface area (Å²) in [7, 11) is 0. The third-order valence-corrected chi connectivity index (χ3v) is 3.89. The zero-order valence-electron chi connectivity index (χ0n) is 10.5. The Bertz CT molecular complexity index is 264. The molecule has 0 aliphatic carbocycles. The summed E-state index contributed by atoms with van der Waals surface area (Å²) in [5.41, 5.74) is 0. The molecule has 1 amide bonds. The maximum absolute atomic E-state index is 11.5. The molecule has 0 radical (unpaired) electrons. The summed E-state index contributed by atoms with van der Waals surface area (Å²) < 4.78 is 4.97. The Morgan fingerprint density at radius 1 is 1.41 bits per heavy atom. The van der Waals surface area contributed by atoms with Crippen molar-refractivity contribution in [1.29, 1.82) is 0 Å². The highest BCUT2D eigenvalue weighted by Gasteiger charge is 2.34. The zero-order chi connectivity index (χ0) is 12.3. The van der Waals surface area contributed by atoms with Crippen LogP contribution in [-0.2, 0) is 4.74 Å². The van der Waals surface area contributed by atoms with E-state index in [-0.39, 0.29) is 18.7 Å². The molecule has 1 unspecified atom stereocenters. The third-order valence-electron chi connectivity index (χ3n) is 3.89. The van der Waals surface area contributed by atoms with Crippen molar-refractivity contribution in [2.75, 3.05) is 39.4 Å². The first-order valence-corrected chi connectivity index (χ1v) is 6.51. The minimum atomic E-state index is -0.262. The molecule has 17 heavy (non-hydrogen) atoms. The highest BCUT2D eigenvalue weighted by atomic mass is 16.6. The van der Waals surface area contributed by atoms with Crippen molar-refractivity contribution < 1.29 is 14.6 Å². The van der Waals surface area contributed by atoms with E-state index < -0.39 is 0 Å². The molecular formula is C12H22N2O3. The zero-order valence-corrected chi connectivity index (χ0v) is 10.5. The van der Waals surface area contributed by atoms with Crippen molar-refractivity contribution >= 4 is 6.09 Å². The molecular weight excluding hydrogens is 220 g/mol. The van der Waals surface area contributed by atoms with E-state index in [2.05, 4.69) is 11.8 Å². The lowest BCUT2D eigenvalue weighted by Gasteiger charge is -2.33. The number of nitrogens with zero attached hydrogens (tertiary/aromatic N) is 2. The Balaban J connectivity index is 1.82. The van der Waals surface area contributed by atoms with Crippen molar-refractivity contribution in [2.24, 2.45) is 5.92 Å². The van der Waals surface area contributed by atoms with Gasteiger partial charge in [-0.15, -0.1) is 0 Å². The van der Waals surface area contributed by atoms with Gasteiger partial charge >= 0.3 is 6.09 Å². The summed E-state index contributed by atoms with van der Waals surface area (Å²) >= 11 is 0. The molecule has 2 aliphatic heterocycles. The average Bonchev–Trinajstić information content (AvgIpc) is 2.71. The molecule has 0 aromatic carbocycles. The van der Waals surface area contributed by atoms with E-state index in [4.69, 9.17) is 4.74 Å². The van der Waals surface area contributed by atoms with Gasteiger partial charge < -0.3 is 14.7 Å². The second-order valence-electron chi connectivity index (χ2n) is 4.94. The van der Waals surface area contributed by atoms with Crippen LogP contribution >= 0.6 is 0 Å². The lowest BCUT2D eigenvalue weighted by atomic mass is 9.96. The van der Waals surface area contributed by atoms with E-state index >= 15 is 0 Å². The van der Waals surface area contributed by atoms with Gasteiger partial charge in [0, 0.05) is 6.54 Å². The van der Waals surface area contributed by atoms with Gasteiger partial charge in [0.15, 0.2) is 0 Å². The lowest BCUT2D eigenvalue weighted by molar-refractivity contribution is 0.122. The molecule has 2 saturated heterocycles. The second-order valence-corrected chi connectivity index (χ2v) is 4.94. The molecule has 98 valence electrons. The standard InChI is InChI=1S/C12H22N2O3/c1-2-13-5-3-10(4-6-13)7-14-11(8-15)9-17-12(14)16/h10-11,15H,2-9H2,1H3. The summed E-state index contributed by atoms with van der Waals surface area (Å²) in [6.45, 7) is 6.60. The predicted molar refractivity (Wildman–Crippen MR) is 63.8 cm³/mol. The summed E-state index contributed by atoms with van der Waals surface area (Å²) in [6.07, 6.45) is 2.01. The molecule has 2 heterocycles. The van der Waals surface area contributed by atoms with Crippen LogP contribution in [0.4, 0.5) is 4.79 Å². The Morgan fingerprint density at radius 3 is 2.71 bits per heavy atom. The van der Waals surface area contributed by atoms with Crippen LogP contribution in [0.1, 0.15) is 19.8 Å². The van der Waals surface area contributed by atoms with Crippen LogP contribution in [0.25, 0.3) is 0 Å². The molecule has 2 fully saturated rings. The molecule has 1 N–H and O–H groups in total. The van der Waals surface area contributed by atoms with Crippen molar-refractivity contribution in [2.45, 2.75) is 25.8 Å². The fourth-order valence-corrected chi connectivity index (χ4v) is 2.63. The number of ether oxygens (including phenoxy) is 1. The maximum atomic E-state index is 11.5.